The monoisotopic (exact) mass is 1520 g/mol. The molecule has 6 aromatic heterocycles. The van der Waals surface area contributed by atoms with E-state index >= 15 is 0 Å². The number of thiophene rings is 3. The third-order valence-electron chi connectivity index (χ3n) is 22.4. The van der Waals surface area contributed by atoms with Crippen LogP contribution >= 0.6 is 34.0 Å². The molecule has 3 aromatic carbocycles. The molecule has 3 saturated heterocycles. The van der Waals surface area contributed by atoms with Gasteiger partial charge in [0.05, 0.1) is 54.7 Å². The van der Waals surface area contributed by atoms with E-state index in [9.17, 15) is 58.7 Å². The molecule has 6 aliphatic heterocycles. The maximum absolute atomic E-state index is 12.8. The van der Waals surface area contributed by atoms with Crippen LogP contribution in [0.5, 0.6) is 0 Å². The van der Waals surface area contributed by atoms with Gasteiger partial charge in [-0.25, -0.2) is 29.9 Å². The Morgan fingerprint density at radius 3 is 1.15 bits per heavy atom. The van der Waals surface area contributed by atoms with Crippen molar-refractivity contribution in [2.45, 2.75) is 146 Å². The second kappa shape index (κ2) is 28.3. The Balaban J connectivity index is 0.000000119. The number of rotatable bonds is 13. The number of alkyl halides is 9. The Kier molecular flexibility index (Phi) is 19.5. The smallest absolute Gasteiger partial charge is 0.355 e. The number of carbonyl (C=O) groups is 4. The molecule has 558 valence electrons. The maximum atomic E-state index is 12.8. The number of hydrogen-bond donors (Lipinski definition) is 3. The number of aromatic nitrogens is 6. The summed E-state index contributed by atoms with van der Waals surface area (Å²) in [6.45, 7) is 6.78. The zero-order valence-corrected chi connectivity index (χ0v) is 60.9. The van der Waals surface area contributed by atoms with Crippen LogP contribution in [0.1, 0.15) is 111 Å². The first kappa shape index (κ1) is 73.0. The molecule has 3 saturated carbocycles. The summed E-state index contributed by atoms with van der Waals surface area (Å²) in [7, 11) is 5.38. The van der Waals surface area contributed by atoms with Gasteiger partial charge in [0.25, 0.3) is 0 Å². The first-order valence-electron chi connectivity index (χ1n) is 35.4. The Morgan fingerprint density at radius 1 is 0.472 bits per heavy atom. The molecule has 18 rings (SSSR count). The highest BCUT2D eigenvalue weighted by Crippen LogP contribution is 2.52. The number of likely N-dealkylation sites (N-methyl/N-ethyl adjacent to an activating group) is 3. The van der Waals surface area contributed by atoms with Crippen LogP contribution in [0.25, 0.3) is 30.6 Å². The number of nitrogens with zero attached hydrogens (tertiary/aromatic N) is 12. The fraction of sp³-hybridized carbons (Fsp3) is 0.467. The van der Waals surface area contributed by atoms with Crippen LogP contribution in [0.15, 0.2) is 91.8 Å². The lowest BCUT2D eigenvalue weighted by molar-refractivity contribution is -0.127. The van der Waals surface area contributed by atoms with E-state index in [0.29, 0.717) is 51.4 Å². The van der Waals surface area contributed by atoms with E-state index in [4.69, 9.17) is 5.73 Å². The van der Waals surface area contributed by atoms with Gasteiger partial charge in [0.15, 0.2) is 0 Å². The minimum atomic E-state index is -4.23. The molecule has 1 unspecified atom stereocenters. The molecule has 31 heteroatoms. The van der Waals surface area contributed by atoms with Gasteiger partial charge in [-0.05, 0) is 122 Å². The topological polar surface area (TPSA) is 215 Å². The Bertz CT molecular complexity index is 4670. The van der Waals surface area contributed by atoms with Crippen LogP contribution in [0.4, 0.5) is 74.0 Å². The number of benzene rings is 3. The van der Waals surface area contributed by atoms with Crippen LogP contribution < -0.4 is 45.8 Å². The molecular formula is C75H78F9N15O4S3. The SMILES string of the molecule is CN1C(=O)Cc2ccc(C=O)cc21.CN1C(=O)Cc2ccc(CN[C@@H]3CCC4(C3)CN(c3ncnc5sc(CC(F)(F)F)cc35)C4)cc21.CN1C(=O)Cc2ccc(CN[C@H]3CCC4(C3)CN(c3ncnc5sc(CC(F)(F)F)cc35)C4)cc21.NC1CCC2(C1)CN(c1ncnc3sc(CC(F)(F)F)cc13)C2. The summed E-state index contributed by atoms with van der Waals surface area (Å²) in [4.78, 5) is 85.6. The first-order valence-corrected chi connectivity index (χ1v) is 37.9. The second-order valence-corrected chi connectivity index (χ2v) is 33.6. The van der Waals surface area contributed by atoms with Crippen LogP contribution in [-0.2, 0) is 66.0 Å². The molecule has 4 N–H and O–H groups in total. The van der Waals surface area contributed by atoms with E-state index < -0.39 is 37.8 Å². The largest absolute Gasteiger partial charge is 0.393 e. The van der Waals surface area contributed by atoms with E-state index in [-0.39, 0.29) is 54.6 Å². The van der Waals surface area contributed by atoms with Gasteiger partial charge in [0, 0.05) is 145 Å². The lowest BCUT2D eigenvalue weighted by Gasteiger charge is -2.49. The molecule has 9 aliphatic rings. The molecule has 106 heavy (non-hydrogen) atoms. The normalized spacial score (nSPS) is 21.0. The first-order chi connectivity index (χ1) is 50.4. The van der Waals surface area contributed by atoms with Crippen molar-refractivity contribution in [2.75, 3.05) is 89.8 Å². The maximum Gasteiger partial charge on any atom is 0.393 e. The standard InChI is InChI=1S/2C25H26F3N5OS.C15H17F3N4S.C10H9NO2/c2*1-32-20-6-15(2-3-16(20)7-21(32)34)11-29-17-4-5-24(9-17)12-33(13-24)22-19-8-18(10-25(26,27)28)35-23(19)31-14-30-22;16-15(17,18)5-10-3-11-12(20-8-21-13(11)23-10)22-6-14(7-22)2-1-9(19)4-14;1-11-9-4-7(6-12)2-3-8(9)5-10(11)13/h2*2-3,6,8,14,17,29H,4-5,7,9-13H2,1H3;3,8-9H,1-2,4-7,19H2;2-4,6H,5H2,1H3/t2*17-;;/m10../s1. The molecule has 19 nitrogen and oxygen atoms in total. The number of nitrogens with one attached hydrogen (secondary N) is 2. The molecule has 6 fully saturated rings. The number of fused-ring (bicyclic) bond motifs is 6. The van der Waals surface area contributed by atoms with Crippen molar-refractivity contribution in [1.82, 2.24) is 40.5 Å². The molecule has 9 aromatic rings. The van der Waals surface area contributed by atoms with Crippen LogP contribution in [-0.4, -0.2) is 151 Å². The summed E-state index contributed by atoms with van der Waals surface area (Å²) in [5.74, 6) is 2.61. The van der Waals surface area contributed by atoms with Gasteiger partial charge < -0.3 is 45.8 Å². The highest BCUT2D eigenvalue weighted by atomic mass is 32.1. The minimum absolute atomic E-state index is 0.0815. The van der Waals surface area contributed by atoms with Crippen molar-refractivity contribution in [1.29, 1.82) is 0 Å². The van der Waals surface area contributed by atoms with Crippen LogP contribution in [0, 0.1) is 16.2 Å². The zero-order valence-electron chi connectivity index (χ0n) is 58.4. The molecule has 3 atom stereocenters. The average Bonchev–Trinajstić information content (AvgIpc) is 1.54. The minimum Gasteiger partial charge on any atom is -0.355 e. The van der Waals surface area contributed by atoms with Gasteiger partial charge in [-0.15, -0.1) is 34.0 Å². The van der Waals surface area contributed by atoms with E-state index in [1.807, 2.05) is 20.2 Å². The molecule has 12 heterocycles. The third-order valence-corrected chi connectivity index (χ3v) is 25.5. The fourth-order valence-electron chi connectivity index (χ4n) is 17.2. The van der Waals surface area contributed by atoms with Gasteiger partial charge in [-0.3, -0.25) is 19.2 Å². The number of nitrogens with two attached hydrogens (primary N) is 1. The van der Waals surface area contributed by atoms with E-state index in [1.54, 1.807) is 52.1 Å². The molecule has 3 amide bonds. The third kappa shape index (κ3) is 15.5. The molecular weight excluding hydrogens is 1440 g/mol. The second-order valence-electron chi connectivity index (χ2n) is 30.3. The summed E-state index contributed by atoms with van der Waals surface area (Å²) in [6.07, 6.45) is 0.941. The van der Waals surface area contributed by atoms with Crippen LogP contribution in [0.2, 0.25) is 0 Å². The molecule has 3 aliphatic carbocycles. The highest BCUT2D eigenvalue weighted by molar-refractivity contribution is 7.19. The lowest BCUT2D eigenvalue weighted by Crippen LogP contribution is -2.56. The summed E-state index contributed by atoms with van der Waals surface area (Å²) >= 11 is 3.29. The van der Waals surface area contributed by atoms with Crippen molar-refractivity contribution in [3.8, 4) is 0 Å². The Hall–Kier alpha value is -8.49. The lowest BCUT2D eigenvalue weighted by atomic mass is 9.78. The van der Waals surface area contributed by atoms with Crippen molar-refractivity contribution in [2.24, 2.45) is 22.0 Å². The summed E-state index contributed by atoms with van der Waals surface area (Å²) in [5.41, 5.74) is 15.8. The van der Waals surface area contributed by atoms with E-state index in [0.717, 1.165) is 218 Å². The van der Waals surface area contributed by atoms with Crippen molar-refractivity contribution >= 4 is 123 Å². The number of carbonyl (C=O) groups excluding carboxylic acids is 4. The molecule has 3 spiro atoms. The molecule has 0 radical (unpaired) electrons. The summed E-state index contributed by atoms with van der Waals surface area (Å²) < 4.78 is 115. The summed E-state index contributed by atoms with van der Waals surface area (Å²) in [5, 5.41) is 9.56. The number of anilines is 6. The van der Waals surface area contributed by atoms with Gasteiger partial charge in [0.2, 0.25) is 17.7 Å². The predicted molar refractivity (Wildman–Crippen MR) is 392 cm³/mol. The van der Waals surface area contributed by atoms with Crippen LogP contribution in [0.3, 0.4) is 0 Å². The Morgan fingerprint density at radius 2 is 0.811 bits per heavy atom. The highest BCUT2D eigenvalue weighted by Gasteiger charge is 2.51. The number of amides is 3. The van der Waals surface area contributed by atoms with E-state index in [1.165, 1.54) is 30.1 Å². The average molecular weight is 1520 g/mol. The zero-order chi connectivity index (χ0) is 74.4. The van der Waals surface area contributed by atoms with Crippen molar-refractivity contribution < 1.29 is 58.7 Å². The Labute approximate surface area is 616 Å². The molecule has 0 bridgehead atoms. The summed E-state index contributed by atoms with van der Waals surface area (Å²) in [6, 6.07) is 23.8. The fourth-order valence-corrected chi connectivity index (χ4v) is 20.2. The number of halogens is 9. The van der Waals surface area contributed by atoms with Gasteiger partial charge in [0.1, 0.15) is 57.2 Å². The predicted octanol–water partition coefficient (Wildman–Crippen LogP) is 13.1. The van der Waals surface area contributed by atoms with Gasteiger partial charge >= 0.3 is 18.5 Å². The van der Waals surface area contributed by atoms with Crippen molar-refractivity contribution in [3.63, 3.8) is 0 Å². The van der Waals surface area contributed by atoms with Gasteiger partial charge in [-0.1, -0.05) is 36.4 Å². The quantitative estimate of drug-likeness (QED) is 0.0723. The number of hydrogen-bond acceptors (Lipinski definition) is 19. The van der Waals surface area contributed by atoms with E-state index in [2.05, 4.69) is 91.6 Å². The van der Waals surface area contributed by atoms with Crippen molar-refractivity contribution in [3.05, 3.63) is 140 Å². The van der Waals surface area contributed by atoms with Gasteiger partial charge in [-0.2, -0.15) is 39.5 Å². The number of aldehydes is 1.